The third-order valence-electron chi connectivity index (χ3n) is 5.34. The molecule has 7 heteroatoms. The lowest BCUT2D eigenvalue weighted by Crippen LogP contribution is -2.27. The molecule has 1 aliphatic rings. The molecular formula is C24H19BrN2O4. The van der Waals surface area contributed by atoms with Gasteiger partial charge in [-0.05, 0) is 54.1 Å². The van der Waals surface area contributed by atoms with E-state index in [0.717, 1.165) is 21.5 Å². The average molecular weight is 479 g/mol. The van der Waals surface area contributed by atoms with Crippen molar-refractivity contribution in [2.75, 3.05) is 12.2 Å². The highest BCUT2D eigenvalue weighted by molar-refractivity contribution is 9.10. The first-order valence-corrected chi connectivity index (χ1v) is 10.5. The first-order valence-electron chi connectivity index (χ1n) is 9.67. The van der Waals surface area contributed by atoms with Crippen LogP contribution in [-0.4, -0.2) is 21.9 Å². The van der Waals surface area contributed by atoms with Crippen LogP contribution in [0.2, 0.25) is 0 Å². The molecule has 1 aromatic heterocycles. The molecule has 0 spiro atoms. The fourth-order valence-corrected chi connectivity index (χ4v) is 4.11. The molecule has 0 radical (unpaired) electrons. The van der Waals surface area contributed by atoms with Gasteiger partial charge in [0.15, 0.2) is 0 Å². The quantitative estimate of drug-likeness (QED) is 0.401. The van der Waals surface area contributed by atoms with Crippen LogP contribution in [0.5, 0.6) is 23.3 Å². The summed E-state index contributed by atoms with van der Waals surface area (Å²) in [6.45, 7) is 0. The number of anilines is 1. The predicted molar refractivity (Wildman–Crippen MR) is 121 cm³/mol. The lowest BCUT2D eigenvalue weighted by atomic mass is 10.00. The zero-order valence-electron chi connectivity index (χ0n) is 16.6. The molecule has 0 amide bonds. The van der Waals surface area contributed by atoms with Gasteiger partial charge in [0.25, 0.3) is 0 Å². The predicted octanol–water partition coefficient (Wildman–Crippen LogP) is 5.56. The molecule has 3 aromatic carbocycles. The molecule has 0 fully saturated rings. The number of halogens is 1. The molecule has 31 heavy (non-hydrogen) atoms. The molecule has 0 saturated carbocycles. The molecule has 5 rings (SSSR count). The van der Waals surface area contributed by atoms with Crippen molar-refractivity contribution in [1.29, 1.82) is 0 Å². The lowest BCUT2D eigenvalue weighted by molar-refractivity contribution is 0.273. The number of hydrogen-bond acceptors (Lipinski definition) is 5. The standard InChI is InChI=1S/C24H19BrN2O4/c1-30-19-13-7-15(8-14-19)21-20-22(31-27(21)18-5-3-2-4-6-18)24(29)26(23(20)28)17-11-9-16(25)10-12-17/h2-14,21,28-29H,1H3/t21-/m0/s1. The van der Waals surface area contributed by atoms with Crippen molar-refractivity contribution in [2.45, 2.75) is 6.04 Å². The minimum atomic E-state index is -0.467. The number of rotatable bonds is 4. The summed E-state index contributed by atoms with van der Waals surface area (Å²) in [7, 11) is 1.62. The first kappa shape index (κ1) is 19.4. The molecule has 156 valence electrons. The van der Waals surface area contributed by atoms with Crippen molar-refractivity contribution in [3.8, 4) is 28.9 Å². The molecule has 2 heterocycles. The number of methoxy groups -OCH3 is 1. The zero-order chi connectivity index (χ0) is 21.5. The highest BCUT2D eigenvalue weighted by Crippen LogP contribution is 2.54. The largest absolute Gasteiger partial charge is 0.497 e. The van der Waals surface area contributed by atoms with Crippen LogP contribution in [0.1, 0.15) is 17.2 Å². The van der Waals surface area contributed by atoms with Crippen molar-refractivity contribution in [1.82, 2.24) is 4.57 Å². The fourth-order valence-electron chi connectivity index (χ4n) is 3.85. The Kier molecular flexibility index (Phi) is 4.75. The summed E-state index contributed by atoms with van der Waals surface area (Å²) in [5.41, 5.74) is 2.80. The molecular weight excluding hydrogens is 460 g/mol. The maximum atomic E-state index is 11.2. The number of ether oxygens (including phenoxy) is 1. The van der Waals surface area contributed by atoms with E-state index in [1.54, 1.807) is 24.3 Å². The van der Waals surface area contributed by atoms with Crippen molar-refractivity contribution in [3.05, 3.63) is 94.5 Å². The SMILES string of the molecule is COc1ccc([C@H]2c3c(c(O)n(-c4ccc(Br)cc4)c3O)ON2c2ccccc2)cc1. The Hall–Kier alpha value is -3.58. The molecule has 0 bridgehead atoms. The van der Waals surface area contributed by atoms with Crippen LogP contribution in [0.25, 0.3) is 5.69 Å². The normalized spacial score (nSPS) is 14.9. The maximum absolute atomic E-state index is 11.2. The molecule has 1 atom stereocenters. The van der Waals surface area contributed by atoms with Gasteiger partial charge in [0.1, 0.15) is 11.8 Å². The zero-order valence-corrected chi connectivity index (χ0v) is 18.2. The Balaban J connectivity index is 1.68. The first-order chi connectivity index (χ1) is 15.1. The smallest absolute Gasteiger partial charge is 0.246 e. The number of hydrogen-bond donors (Lipinski definition) is 2. The molecule has 1 aliphatic heterocycles. The number of hydroxylamine groups is 1. The Morgan fingerprint density at radius 3 is 2.16 bits per heavy atom. The second-order valence-corrected chi connectivity index (χ2v) is 8.05. The topological polar surface area (TPSA) is 67.1 Å². The van der Waals surface area contributed by atoms with Crippen molar-refractivity contribution >= 4 is 21.6 Å². The van der Waals surface area contributed by atoms with Gasteiger partial charge in [-0.2, -0.15) is 5.06 Å². The van der Waals surface area contributed by atoms with Gasteiger partial charge < -0.3 is 19.8 Å². The molecule has 2 N–H and O–H groups in total. The van der Waals surface area contributed by atoms with Gasteiger partial charge in [0.2, 0.25) is 17.5 Å². The van der Waals surface area contributed by atoms with Crippen LogP contribution >= 0.6 is 15.9 Å². The van der Waals surface area contributed by atoms with Crippen LogP contribution in [0, 0.1) is 0 Å². The number of aromatic nitrogens is 1. The van der Waals surface area contributed by atoms with E-state index in [4.69, 9.17) is 9.57 Å². The number of aromatic hydroxyl groups is 2. The van der Waals surface area contributed by atoms with E-state index < -0.39 is 6.04 Å². The number of para-hydroxylation sites is 1. The van der Waals surface area contributed by atoms with Gasteiger partial charge in [0.05, 0.1) is 24.0 Å². The summed E-state index contributed by atoms with van der Waals surface area (Å²) in [4.78, 5) is 6.12. The van der Waals surface area contributed by atoms with Crippen molar-refractivity contribution in [2.24, 2.45) is 0 Å². The van der Waals surface area contributed by atoms with Crippen LogP contribution < -0.4 is 14.6 Å². The fraction of sp³-hybridized carbons (Fsp3) is 0.0833. The molecule has 0 saturated heterocycles. The molecule has 4 aromatic rings. The second-order valence-electron chi connectivity index (χ2n) is 7.13. The summed E-state index contributed by atoms with van der Waals surface area (Å²) in [5, 5.41) is 23.9. The van der Waals surface area contributed by atoms with Crippen molar-refractivity contribution < 1.29 is 19.8 Å². The van der Waals surface area contributed by atoms with Crippen molar-refractivity contribution in [3.63, 3.8) is 0 Å². The van der Waals surface area contributed by atoms with E-state index in [0.29, 0.717) is 11.3 Å². The van der Waals surface area contributed by atoms with E-state index in [1.165, 1.54) is 4.57 Å². The Labute approximate surface area is 187 Å². The van der Waals surface area contributed by atoms with Crippen LogP contribution in [-0.2, 0) is 0 Å². The Morgan fingerprint density at radius 1 is 0.839 bits per heavy atom. The maximum Gasteiger partial charge on any atom is 0.246 e. The summed E-state index contributed by atoms with van der Waals surface area (Å²) >= 11 is 3.41. The molecule has 6 nitrogen and oxygen atoms in total. The van der Waals surface area contributed by atoms with E-state index in [-0.39, 0.29) is 17.5 Å². The Bertz CT molecular complexity index is 1220. The van der Waals surface area contributed by atoms with Gasteiger partial charge in [-0.3, -0.25) is 0 Å². The monoisotopic (exact) mass is 478 g/mol. The summed E-state index contributed by atoms with van der Waals surface area (Å²) in [6, 6.07) is 24.0. The van der Waals surface area contributed by atoms with Gasteiger partial charge >= 0.3 is 0 Å². The summed E-state index contributed by atoms with van der Waals surface area (Å²) in [5.74, 6) is 0.722. The van der Waals surface area contributed by atoms with E-state index in [1.807, 2.05) is 66.7 Å². The van der Waals surface area contributed by atoms with E-state index in [2.05, 4.69) is 15.9 Å². The van der Waals surface area contributed by atoms with Gasteiger partial charge in [-0.1, -0.05) is 46.3 Å². The van der Waals surface area contributed by atoms with Crippen LogP contribution in [0.3, 0.4) is 0 Å². The Morgan fingerprint density at radius 2 is 1.52 bits per heavy atom. The second kappa shape index (κ2) is 7.59. The minimum Gasteiger partial charge on any atom is -0.497 e. The highest BCUT2D eigenvalue weighted by Gasteiger charge is 2.43. The van der Waals surface area contributed by atoms with Gasteiger partial charge in [0, 0.05) is 4.47 Å². The van der Waals surface area contributed by atoms with E-state index in [9.17, 15) is 10.2 Å². The number of nitrogens with zero attached hydrogens (tertiary/aromatic N) is 2. The molecule has 0 aliphatic carbocycles. The molecule has 0 unspecified atom stereocenters. The highest BCUT2D eigenvalue weighted by atomic mass is 79.9. The van der Waals surface area contributed by atoms with Gasteiger partial charge in [-0.25, -0.2) is 4.57 Å². The third kappa shape index (κ3) is 3.18. The summed E-state index contributed by atoms with van der Waals surface area (Å²) < 4.78 is 7.57. The summed E-state index contributed by atoms with van der Waals surface area (Å²) in [6.07, 6.45) is 0. The number of benzene rings is 3. The third-order valence-corrected chi connectivity index (χ3v) is 5.87. The van der Waals surface area contributed by atoms with Crippen LogP contribution in [0.15, 0.2) is 83.3 Å². The van der Waals surface area contributed by atoms with E-state index >= 15 is 0 Å². The van der Waals surface area contributed by atoms with Crippen LogP contribution in [0.4, 0.5) is 5.69 Å². The number of fused-ring (bicyclic) bond motifs is 1. The lowest BCUT2D eigenvalue weighted by Gasteiger charge is -2.26. The van der Waals surface area contributed by atoms with Gasteiger partial charge in [-0.15, -0.1) is 0 Å². The average Bonchev–Trinajstić information content (AvgIpc) is 3.31. The minimum absolute atomic E-state index is 0.0749.